The van der Waals surface area contributed by atoms with Gasteiger partial charge in [0.25, 0.3) is 0 Å². The zero-order valence-electron chi connectivity index (χ0n) is 9.51. The van der Waals surface area contributed by atoms with Crippen molar-refractivity contribution in [2.75, 3.05) is 6.54 Å². The zero-order chi connectivity index (χ0) is 12.1. The minimum atomic E-state index is 0.698. The zero-order valence-corrected chi connectivity index (χ0v) is 11.7. The number of aryl methyl sites for hydroxylation is 1. The van der Waals surface area contributed by atoms with Gasteiger partial charge in [-0.2, -0.15) is 0 Å². The van der Waals surface area contributed by atoms with E-state index in [9.17, 15) is 0 Å². The van der Waals surface area contributed by atoms with Gasteiger partial charge in [0.1, 0.15) is 0 Å². The Bertz CT molecular complexity index is 464. The first-order valence-electron chi connectivity index (χ1n) is 5.61. The van der Waals surface area contributed by atoms with Crippen molar-refractivity contribution in [3.8, 4) is 0 Å². The van der Waals surface area contributed by atoms with Gasteiger partial charge < -0.3 is 5.73 Å². The van der Waals surface area contributed by atoms with E-state index >= 15 is 0 Å². The number of nitrogens with zero attached hydrogens (tertiary/aromatic N) is 3. The third-order valence-electron chi connectivity index (χ3n) is 2.48. The van der Waals surface area contributed by atoms with Crippen molar-refractivity contribution < 1.29 is 0 Å². The normalized spacial score (nSPS) is 10.7. The van der Waals surface area contributed by atoms with E-state index in [-0.39, 0.29) is 0 Å². The summed E-state index contributed by atoms with van der Waals surface area (Å²) in [7, 11) is 0. The van der Waals surface area contributed by atoms with Crippen LogP contribution >= 0.6 is 22.6 Å². The lowest BCUT2D eigenvalue weighted by Crippen LogP contribution is -2.01. The van der Waals surface area contributed by atoms with Crippen LogP contribution in [0.5, 0.6) is 0 Å². The molecule has 0 saturated heterocycles. The molecule has 0 atom stereocenters. The molecule has 0 aliphatic carbocycles. The number of aromatic nitrogens is 3. The van der Waals surface area contributed by atoms with Crippen LogP contribution in [0.2, 0.25) is 0 Å². The molecule has 2 rings (SSSR count). The van der Waals surface area contributed by atoms with E-state index in [1.807, 2.05) is 10.9 Å². The number of nitrogens with two attached hydrogens (primary N) is 1. The second kappa shape index (κ2) is 6.11. The van der Waals surface area contributed by atoms with Gasteiger partial charge in [0.2, 0.25) is 0 Å². The lowest BCUT2D eigenvalue weighted by atomic mass is 10.2. The van der Waals surface area contributed by atoms with Crippen LogP contribution in [0.3, 0.4) is 0 Å². The van der Waals surface area contributed by atoms with E-state index < -0.39 is 0 Å². The summed E-state index contributed by atoms with van der Waals surface area (Å²) < 4.78 is 3.11. The smallest absolute Gasteiger partial charge is 0.0827 e. The minimum Gasteiger partial charge on any atom is -0.330 e. The SMILES string of the molecule is NCCCc1cn(Cc2ccc(I)cc2)nn1. The molecule has 0 bridgehead atoms. The summed E-state index contributed by atoms with van der Waals surface area (Å²) in [5.41, 5.74) is 7.72. The Balaban J connectivity index is 1.98. The fourth-order valence-corrected chi connectivity index (χ4v) is 1.95. The Hall–Kier alpha value is -0.950. The van der Waals surface area contributed by atoms with Gasteiger partial charge in [-0.15, -0.1) is 5.10 Å². The molecule has 1 aromatic heterocycles. The van der Waals surface area contributed by atoms with Crippen LogP contribution in [0.25, 0.3) is 0 Å². The summed E-state index contributed by atoms with van der Waals surface area (Å²) in [6.45, 7) is 1.47. The molecule has 1 heterocycles. The van der Waals surface area contributed by atoms with Gasteiger partial charge in [-0.1, -0.05) is 17.3 Å². The van der Waals surface area contributed by atoms with E-state index in [1.54, 1.807) is 0 Å². The number of hydrogen-bond acceptors (Lipinski definition) is 3. The van der Waals surface area contributed by atoms with Gasteiger partial charge in [0.05, 0.1) is 12.2 Å². The highest BCUT2D eigenvalue weighted by atomic mass is 127. The minimum absolute atomic E-state index is 0.698. The first-order valence-corrected chi connectivity index (χ1v) is 6.69. The van der Waals surface area contributed by atoms with E-state index in [4.69, 9.17) is 5.73 Å². The Morgan fingerprint density at radius 3 is 2.71 bits per heavy atom. The number of halogens is 1. The number of rotatable bonds is 5. The molecule has 0 spiro atoms. The molecule has 4 nitrogen and oxygen atoms in total. The lowest BCUT2D eigenvalue weighted by Gasteiger charge is -2.00. The molecule has 0 fully saturated rings. The summed E-state index contributed by atoms with van der Waals surface area (Å²) in [6.07, 6.45) is 3.86. The van der Waals surface area contributed by atoms with Gasteiger partial charge >= 0.3 is 0 Å². The largest absolute Gasteiger partial charge is 0.330 e. The van der Waals surface area contributed by atoms with Crippen molar-refractivity contribution in [2.24, 2.45) is 5.73 Å². The van der Waals surface area contributed by atoms with Crippen LogP contribution in [0.4, 0.5) is 0 Å². The monoisotopic (exact) mass is 342 g/mol. The van der Waals surface area contributed by atoms with Crippen LogP contribution in [0.1, 0.15) is 17.7 Å². The molecule has 2 aromatic rings. The molecule has 0 radical (unpaired) electrons. The molecular formula is C12H15IN4. The topological polar surface area (TPSA) is 56.7 Å². The summed E-state index contributed by atoms with van der Waals surface area (Å²) in [5, 5.41) is 8.23. The van der Waals surface area contributed by atoms with Crippen molar-refractivity contribution in [1.82, 2.24) is 15.0 Å². The summed E-state index contributed by atoms with van der Waals surface area (Å²) in [4.78, 5) is 0. The standard InChI is InChI=1S/C12H15IN4/c13-11-5-3-10(4-6-11)8-17-9-12(15-16-17)2-1-7-14/h3-6,9H,1-2,7-8,14H2. The molecule has 17 heavy (non-hydrogen) atoms. The summed E-state index contributed by atoms with van der Waals surface area (Å²) in [5.74, 6) is 0. The first-order chi connectivity index (χ1) is 8.28. The van der Waals surface area contributed by atoms with Crippen molar-refractivity contribution >= 4 is 22.6 Å². The highest BCUT2D eigenvalue weighted by Gasteiger charge is 2.01. The first kappa shape index (κ1) is 12.5. The fraction of sp³-hybridized carbons (Fsp3) is 0.333. The predicted octanol–water partition coefficient (Wildman–Crippen LogP) is 1.82. The van der Waals surface area contributed by atoms with Crippen molar-refractivity contribution in [1.29, 1.82) is 0 Å². The second-order valence-corrected chi connectivity index (χ2v) is 5.17. The van der Waals surface area contributed by atoms with Crippen LogP contribution in [-0.4, -0.2) is 21.5 Å². The second-order valence-electron chi connectivity index (χ2n) is 3.93. The highest BCUT2D eigenvalue weighted by molar-refractivity contribution is 14.1. The average molecular weight is 342 g/mol. The molecule has 0 aliphatic heterocycles. The van der Waals surface area contributed by atoms with E-state index in [0.717, 1.165) is 25.1 Å². The molecule has 90 valence electrons. The average Bonchev–Trinajstić information content (AvgIpc) is 2.77. The molecule has 0 saturated carbocycles. The van der Waals surface area contributed by atoms with Crippen LogP contribution < -0.4 is 5.73 Å². The van der Waals surface area contributed by atoms with Gasteiger partial charge in [-0.25, -0.2) is 4.68 Å². The molecular weight excluding hydrogens is 327 g/mol. The van der Waals surface area contributed by atoms with Gasteiger partial charge in [0, 0.05) is 9.77 Å². The van der Waals surface area contributed by atoms with Gasteiger partial charge in [-0.05, 0) is 59.7 Å². The lowest BCUT2D eigenvalue weighted by molar-refractivity contribution is 0.649. The fourth-order valence-electron chi connectivity index (χ4n) is 1.59. The number of hydrogen-bond donors (Lipinski definition) is 1. The van der Waals surface area contributed by atoms with Gasteiger partial charge in [0.15, 0.2) is 0 Å². The molecule has 1 aromatic carbocycles. The Kier molecular flexibility index (Phi) is 4.49. The van der Waals surface area contributed by atoms with Crippen molar-refractivity contribution in [3.63, 3.8) is 0 Å². The summed E-state index contributed by atoms with van der Waals surface area (Å²) in [6, 6.07) is 8.43. The Morgan fingerprint density at radius 2 is 2.00 bits per heavy atom. The van der Waals surface area contributed by atoms with E-state index in [0.29, 0.717) is 6.54 Å². The van der Waals surface area contributed by atoms with Crippen LogP contribution in [0, 0.1) is 3.57 Å². The van der Waals surface area contributed by atoms with Crippen LogP contribution in [-0.2, 0) is 13.0 Å². The Labute approximate surface area is 114 Å². The summed E-state index contributed by atoms with van der Waals surface area (Å²) >= 11 is 2.30. The molecule has 0 amide bonds. The third-order valence-corrected chi connectivity index (χ3v) is 3.20. The van der Waals surface area contributed by atoms with Crippen molar-refractivity contribution in [3.05, 3.63) is 45.3 Å². The van der Waals surface area contributed by atoms with E-state index in [2.05, 4.69) is 57.2 Å². The predicted molar refractivity (Wildman–Crippen MR) is 75.7 cm³/mol. The Morgan fingerprint density at radius 1 is 1.24 bits per heavy atom. The molecule has 5 heteroatoms. The molecule has 0 unspecified atom stereocenters. The maximum atomic E-state index is 5.47. The van der Waals surface area contributed by atoms with Gasteiger partial charge in [-0.3, -0.25) is 0 Å². The maximum Gasteiger partial charge on any atom is 0.0827 e. The highest BCUT2D eigenvalue weighted by Crippen LogP contribution is 2.08. The number of benzene rings is 1. The molecule has 0 aliphatic rings. The van der Waals surface area contributed by atoms with Crippen LogP contribution in [0.15, 0.2) is 30.5 Å². The molecule has 2 N–H and O–H groups in total. The maximum absolute atomic E-state index is 5.47. The van der Waals surface area contributed by atoms with E-state index in [1.165, 1.54) is 9.13 Å². The third kappa shape index (κ3) is 3.78. The van der Waals surface area contributed by atoms with Crippen molar-refractivity contribution in [2.45, 2.75) is 19.4 Å². The quantitative estimate of drug-likeness (QED) is 0.844.